The van der Waals surface area contributed by atoms with Crippen molar-refractivity contribution in [2.24, 2.45) is 0 Å². The van der Waals surface area contributed by atoms with Gasteiger partial charge in [-0.05, 0) is 19.1 Å². The van der Waals surface area contributed by atoms with Crippen molar-refractivity contribution < 1.29 is 23.0 Å². The van der Waals surface area contributed by atoms with Gasteiger partial charge in [-0.1, -0.05) is 11.8 Å². The van der Waals surface area contributed by atoms with Crippen LogP contribution >= 0.6 is 11.8 Å². The second-order valence-corrected chi connectivity index (χ2v) is 7.24. The van der Waals surface area contributed by atoms with Gasteiger partial charge < -0.3 is 19.7 Å². The minimum atomic E-state index is -2.56. The van der Waals surface area contributed by atoms with Crippen LogP contribution in [0.15, 0.2) is 11.2 Å². The molecule has 1 aliphatic carbocycles. The van der Waals surface area contributed by atoms with E-state index in [0.717, 1.165) is 0 Å². The topological polar surface area (TPSA) is 76.6 Å². The predicted octanol–water partition coefficient (Wildman–Crippen LogP) is 3.02. The predicted molar refractivity (Wildman–Crippen MR) is 93.0 cm³/mol. The maximum absolute atomic E-state index is 13.3. The molecule has 0 spiro atoms. The highest BCUT2D eigenvalue weighted by atomic mass is 32.2. The van der Waals surface area contributed by atoms with Crippen LogP contribution in [0.4, 0.5) is 19.4 Å². The fourth-order valence-corrected chi connectivity index (χ4v) is 3.36. The molecule has 1 saturated carbocycles. The molecule has 144 valence electrons. The standard InChI is InChI=1S/C16H22F2N4O3S/c1-24-15(23)22-8-11(9-22)25-13-7-12(20-14(21-13)26-2)19-10-3-5-16(17,18)6-4-10/h7,10-11H,3-6,8-9H2,1-2H3,(H,19,20,21). The Labute approximate surface area is 154 Å². The van der Waals surface area contributed by atoms with Crippen molar-refractivity contribution in [2.75, 3.05) is 31.8 Å². The highest BCUT2D eigenvalue weighted by molar-refractivity contribution is 7.98. The number of aromatic nitrogens is 2. The number of nitrogens with zero attached hydrogens (tertiary/aromatic N) is 3. The molecule has 1 saturated heterocycles. The molecule has 0 radical (unpaired) electrons. The molecule has 1 aliphatic heterocycles. The van der Waals surface area contributed by atoms with Crippen molar-refractivity contribution >= 4 is 23.7 Å². The maximum Gasteiger partial charge on any atom is 0.409 e. The number of thioether (sulfide) groups is 1. The zero-order valence-corrected chi connectivity index (χ0v) is 15.5. The summed E-state index contributed by atoms with van der Waals surface area (Å²) in [6, 6.07) is 1.64. The summed E-state index contributed by atoms with van der Waals surface area (Å²) in [5.74, 6) is -1.58. The van der Waals surface area contributed by atoms with Gasteiger partial charge in [-0.2, -0.15) is 4.98 Å². The van der Waals surface area contributed by atoms with E-state index < -0.39 is 5.92 Å². The minimum Gasteiger partial charge on any atom is -0.470 e. The van der Waals surface area contributed by atoms with E-state index in [1.54, 1.807) is 6.07 Å². The van der Waals surface area contributed by atoms with Crippen LogP contribution in [0.2, 0.25) is 0 Å². The number of methoxy groups -OCH3 is 1. The van der Waals surface area contributed by atoms with Crippen LogP contribution in [0.1, 0.15) is 25.7 Å². The molecule has 3 rings (SSSR count). The van der Waals surface area contributed by atoms with Crippen LogP contribution in [0.5, 0.6) is 5.88 Å². The molecular formula is C16H22F2N4O3S. The molecule has 1 N–H and O–H groups in total. The number of amides is 1. The number of nitrogens with one attached hydrogen (secondary N) is 1. The molecule has 1 amide bonds. The normalized spacial score (nSPS) is 20.4. The summed E-state index contributed by atoms with van der Waals surface area (Å²) in [6.45, 7) is 0.873. The van der Waals surface area contributed by atoms with Crippen molar-refractivity contribution in [1.29, 1.82) is 0 Å². The van der Waals surface area contributed by atoms with E-state index in [4.69, 9.17) is 4.74 Å². The van der Waals surface area contributed by atoms with Crippen LogP contribution in [0.3, 0.4) is 0 Å². The molecule has 7 nitrogen and oxygen atoms in total. The van der Waals surface area contributed by atoms with Crippen LogP contribution < -0.4 is 10.1 Å². The van der Waals surface area contributed by atoms with E-state index in [2.05, 4.69) is 20.0 Å². The van der Waals surface area contributed by atoms with E-state index >= 15 is 0 Å². The number of likely N-dealkylation sites (tertiary alicyclic amines) is 1. The van der Waals surface area contributed by atoms with Crippen molar-refractivity contribution in [1.82, 2.24) is 14.9 Å². The van der Waals surface area contributed by atoms with Gasteiger partial charge in [-0.3, -0.25) is 0 Å². The van der Waals surface area contributed by atoms with Crippen LogP contribution in [-0.2, 0) is 4.74 Å². The van der Waals surface area contributed by atoms with Crippen LogP contribution in [0, 0.1) is 0 Å². The smallest absolute Gasteiger partial charge is 0.409 e. The first-order valence-corrected chi connectivity index (χ1v) is 9.68. The molecule has 0 aromatic carbocycles. The summed E-state index contributed by atoms with van der Waals surface area (Å²) in [6.07, 6.45) is 1.90. The summed E-state index contributed by atoms with van der Waals surface area (Å²) in [4.78, 5) is 21.6. The van der Waals surface area contributed by atoms with Crippen molar-refractivity contribution in [2.45, 2.75) is 48.9 Å². The van der Waals surface area contributed by atoms with Gasteiger partial charge in [0.05, 0.1) is 20.2 Å². The maximum atomic E-state index is 13.3. The molecule has 2 aliphatic rings. The van der Waals surface area contributed by atoms with E-state index in [1.165, 1.54) is 23.8 Å². The summed E-state index contributed by atoms with van der Waals surface area (Å²) >= 11 is 1.37. The number of halogens is 2. The van der Waals surface area contributed by atoms with Gasteiger partial charge in [-0.15, -0.1) is 0 Å². The van der Waals surface area contributed by atoms with Gasteiger partial charge in [0.2, 0.25) is 11.8 Å². The average Bonchev–Trinajstić information content (AvgIpc) is 2.58. The third-order valence-electron chi connectivity index (χ3n) is 4.50. The van der Waals surface area contributed by atoms with E-state index in [0.29, 0.717) is 42.8 Å². The summed E-state index contributed by atoms with van der Waals surface area (Å²) < 4.78 is 37.0. The van der Waals surface area contributed by atoms with Crippen molar-refractivity contribution in [3.8, 4) is 5.88 Å². The van der Waals surface area contributed by atoms with Gasteiger partial charge in [-0.25, -0.2) is 18.6 Å². The number of hydrogen-bond acceptors (Lipinski definition) is 7. The quantitative estimate of drug-likeness (QED) is 0.614. The Bertz CT molecular complexity index is 648. The first-order chi connectivity index (χ1) is 12.4. The van der Waals surface area contributed by atoms with Gasteiger partial charge in [0.15, 0.2) is 5.16 Å². The fourth-order valence-electron chi connectivity index (χ4n) is 2.98. The van der Waals surface area contributed by atoms with E-state index in [1.807, 2.05) is 6.26 Å². The Morgan fingerprint density at radius 2 is 2.04 bits per heavy atom. The largest absolute Gasteiger partial charge is 0.470 e. The number of alkyl halides is 2. The highest BCUT2D eigenvalue weighted by Gasteiger charge is 2.35. The lowest BCUT2D eigenvalue weighted by atomic mass is 9.92. The second kappa shape index (κ2) is 7.81. The van der Waals surface area contributed by atoms with Gasteiger partial charge in [0.25, 0.3) is 0 Å². The molecular weight excluding hydrogens is 366 g/mol. The second-order valence-electron chi connectivity index (χ2n) is 6.47. The molecule has 2 fully saturated rings. The monoisotopic (exact) mass is 388 g/mol. The van der Waals surface area contributed by atoms with Crippen molar-refractivity contribution in [3.63, 3.8) is 0 Å². The number of carbonyl (C=O) groups excluding carboxylic acids is 1. The SMILES string of the molecule is COC(=O)N1CC(Oc2cc(NC3CCC(F)(F)CC3)nc(SC)n2)C1. The first kappa shape index (κ1) is 18.9. The fraction of sp³-hybridized carbons (Fsp3) is 0.688. The first-order valence-electron chi connectivity index (χ1n) is 8.45. The Kier molecular flexibility index (Phi) is 5.69. The molecule has 0 atom stereocenters. The van der Waals surface area contributed by atoms with Crippen molar-refractivity contribution in [3.05, 3.63) is 6.07 Å². The van der Waals surface area contributed by atoms with Crippen LogP contribution in [-0.4, -0.2) is 65.5 Å². The van der Waals surface area contributed by atoms with E-state index in [9.17, 15) is 13.6 Å². The molecule has 1 aromatic rings. The number of anilines is 1. The zero-order chi connectivity index (χ0) is 18.7. The van der Waals surface area contributed by atoms with Crippen LogP contribution in [0.25, 0.3) is 0 Å². The molecule has 0 bridgehead atoms. The molecule has 26 heavy (non-hydrogen) atoms. The Hall–Kier alpha value is -1.84. The summed E-state index contributed by atoms with van der Waals surface area (Å²) in [5, 5.41) is 3.75. The Morgan fingerprint density at radius 1 is 1.35 bits per heavy atom. The lowest BCUT2D eigenvalue weighted by Gasteiger charge is -2.37. The number of hydrogen-bond donors (Lipinski definition) is 1. The molecule has 2 heterocycles. The summed E-state index contributed by atoms with van der Waals surface area (Å²) in [5.41, 5.74) is 0. The lowest BCUT2D eigenvalue weighted by Crippen LogP contribution is -2.56. The molecule has 0 unspecified atom stereocenters. The van der Waals surface area contributed by atoms with E-state index in [-0.39, 0.29) is 31.1 Å². The Balaban J connectivity index is 1.59. The molecule has 1 aromatic heterocycles. The zero-order valence-electron chi connectivity index (χ0n) is 14.7. The van der Waals surface area contributed by atoms with Gasteiger partial charge >= 0.3 is 6.09 Å². The lowest BCUT2D eigenvalue weighted by molar-refractivity contribution is -0.0361. The third-order valence-corrected chi connectivity index (χ3v) is 5.05. The highest BCUT2D eigenvalue weighted by Crippen LogP contribution is 2.34. The number of ether oxygens (including phenoxy) is 2. The summed E-state index contributed by atoms with van der Waals surface area (Å²) in [7, 11) is 1.34. The number of rotatable bonds is 5. The average molecular weight is 388 g/mol. The third kappa shape index (κ3) is 4.66. The molecule has 10 heteroatoms. The van der Waals surface area contributed by atoms with Gasteiger partial charge in [0.1, 0.15) is 11.9 Å². The number of carbonyl (C=O) groups is 1. The Morgan fingerprint density at radius 3 is 2.65 bits per heavy atom. The van der Waals surface area contributed by atoms with Gasteiger partial charge in [0, 0.05) is 24.9 Å². The minimum absolute atomic E-state index is 0.0365.